The molecule has 8 heteroatoms. The number of hydrogen-bond donors (Lipinski definition) is 0. The molecule has 3 heterocycles. The number of unbranched alkanes of at least 4 members (excludes halogenated alkanes) is 13. The quantitative estimate of drug-likeness (QED) is 0.116. The van der Waals surface area contributed by atoms with Gasteiger partial charge in [-0.1, -0.05) is 96.8 Å². The molecule has 0 aromatic heterocycles. The minimum atomic E-state index is -0.482. The van der Waals surface area contributed by atoms with E-state index in [4.69, 9.17) is 0 Å². The molecule has 182 valence electrons. The average molecular weight is 493 g/mol. The van der Waals surface area contributed by atoms with E-state index in [0.29, 0.717) is 17.6 Å². The summed E-state index contributed by atoms with van der Waals surface area (Å²) in [7, 11) is 1.67. The molecule has 4 amide bonds. The van der Waals surface area contributed by atoms with Crippen molar-refractivity contribution in [3.05, 3.63) is 23.3 Å². The Balaban J connectivity index is 1.36. The lowest BCUT2D eigenvalue weighted by molar-refractivity contribution is -0.132. The third kappa shape index (κ3) is 6.98. The van der Waals surface area contributed by atoms with Crippen molar-refractivity contribution in [3.63, 3.8) is 0 Å². The van der Waals surface area contributed by atoms with Gasteiger partial charge < -0.3 is 0 Å². The number of fused-ring (bicyclic) bond motifs is 4. The summed E-state index contributed by atoms with van der Waals surface area (Å²) in [5.41, 5.74) is 0.692. The molecule has 4 bridgehead atoms. The third-order valence-corrected chi connectivity index (χ3v) is 8.75. The molecule has 0 unspecified atom stereocenters. The summed E-state index contributed by atoms with van der Waals surface area (Å²) in [5.74, 6) is -1.97. The zero-order valence-electron chi connectivity index (χ0n) is 19.7. The lowest BCUT2D eigenvalue weighted by atomic mass is 9.86. The molecule has 0 radical (unpaired) electrons. The van der Waals surface area contributed by atoms with Gasteiger partial charge in [0, 0.05) is 29.2 Å². The zero-order chi connectivity index (χ0) is 23.6. The van der Waals surface area contributed by atoms with Gasteiger partial charge in [0.1, 0.15) is 0 Å². The highest BCUT2D eigenvalue weighted by Crippen LogP contribution is 2.44. The number of hydrogen-bond acceptors (Lipinski definition) is 6. The third-order valence-electron chi connectivity index (χ3n) is 6.60. The van der Waals surface area contributed by atoms with E-state index >= 15 is 0 Å². The largest absolute Gasteiger partial charge is 0.268 e. The monoisotopic (exact) mass is 492 g/mol. The number of imide groups is 2. The fraction of sp³-hybridized carbons (Fsp3) is 0.680. The van der Waals surface area contributed by atoms with Crippen LogP contribution in [0.4, 0.5) is 0 Å². The molecule has 0 atom stereocenters. The molecule has 0 aromatic carbocycles. The molecule has 33 heavy (non-hydrogen) atoms. The summed E-state index contributed by atoms with van der Waals surface area (Å²) in [4.78, 5) is 49.8. The summed E-state index contributed by atoms with van der Waals surface area (Å²) in [6, 6.07) is 0. The van der Waals surface area contributed by atoms with Gasteiger partial charge in [-0.15, -0.1) is 0 Å². The molecule has 0 aliphatic carbocycles. The van der Waals surface area contributed by atoms with Crippen molar-refractivity contribution in [2.24, 2.45) is 5.92 Å². The minimum absolute atomic E-state index is 0.346. The van der Waals surface area contributed by atoms with E-state index in [1.165, 1.54) is 82.8 Å². The number of carbonyl (C=O) groups excluding carboxylic acids is 4. The average Bonchev–Trinajstić information content (AvgIpc) is 3.24. The van der Waals surface area contributed by atoms with Crippen molar-refractivity contribution >= 4 is 45.6 Å². The molecule has 6 nitrogen and oxygen atoms in total. The van der Waals surface area contributed by atoms with Crippen molar-refractivity contribution in [2.75, 3.05) is 0 Å². The molecule has 0 spiro atoms. The Morgan fingerprint density at radius 2 is 0.970 bits per heavy atom. The Bertz CT molecular complexity index is 758. The first-order valence-corrected chi connectivity index (χ1v) is 14.7. The van der Waals surface area contributed by atoms with Crippen molar-refractivity contribution < 1.29 is 19.2 Å². The van der Waals surface area contributed by atoms with E-state index in [1.807, 2.05) is 0 Å². The van der Waals surface area contributed by atoms with Crippen molar-refractivity contribution in [3.8, 4) is 0 Å². The molecule has 0 aromatic rings. The number of rotatable bonds is 15. The summed E-state index contributed by atoms with van der Waals surface area (Å²) in [6.45, 7) is 2.25. The topological polar surface area (TPSA) is 74.8 Å². The van der Waals surface area contributed by atoms with Crippen molar-refractivity contribution in [2.45, 2.75) is 103 Å². The maximum atomic E-state index is 12.7. The highest BCUT2D eigenvalue weighted by atomic mass is 33.1. The summed E-state index contributed by atoms with van der Waals surface area (Å²) >= 11 is 0. The van der Waals surface area contributed by atoms with Gasteiger partial charge >= 0.3 is 0 Å². The van der Waals surface area contributed by atoms with Crippen LogP contribution >= 0.6 is 22.0 Å². The Morgan fingerprint density at radius 1 is 0.606 bits per heavy atom. The first kappa shape index (κ1) is 26.1. The van der Waals surface area contributed by atoms with Crippen LogP contribution in [-0.4, -0.2) is 32.2 Å². The molecule has 0 N–H and O–H groups in total. The standard InChI is InChI=1S/C25H36N2O4S2/c1-2-3-4-5-6-7-8-9-10-11-12-13-14-15-16-19-20-17-22(28)26(24(20)30)32-33-27-23(29)18-21(19)25(27)31/h17-19H,2-16H2,1H3. The van der Waals surface area contributed by atoms with Gasteiger partial charge in [0.05, 0.1) is 22.0 Å². The predicted octanol–water partition coefficient (Wildman–Crippen LogP) is 6.29. The van der Waals surface area contributed by atoms with Crippen LogP contribution < -0.4 is 0 Å². The van der Waals surface area contributed by atoms with E-state index in [2.05, 4.69) is 6.92 Å². The van der Waals surface area contributed by atoms with E-state index in [1.54, 1.807) is 0 Å². The van der Waals surface area contributed by atoms with Gasteiger partial charge in [-0.25, -0.2) is 8.61 Å². The van der Waals surface area contributed by atoms with Gasteiger partial charge in [-0.3, -0.25) is 19.2 Å². The Labute approximate surface area is 205 Å². The molecule has 3 aliphatic heterocycles. The predicted molar refractivity (Wildman–Crippen MR) is 133 cm³/mol. The Morgan fingerprint density at radius 3 is 1.36 bits per heavy atom. The van der Waals surface area contributed by atoms with Crippen LogP contribution in [-0.2, 0) is 19.2 Å². The first-order valence-electron chi connectivity index (χ1n) is 12.6. The first-order chi connectivity index (χ1) is 16.0. The fourth-order valence-corrected chi connectivity index (χ4v) is 6.65. The Hall–Kier alpha value is -1.54. The molecular weight excluding hydrogens is 456 g/mol. The summed E-state index contributed by atoms with van der Waals surface area (Å²) in [5, 5.41) is 0. The second-order valence-electron chi connectivity index (χ2n) is 9.16. The van der Waals surface area contributed by atoms with Gasteiger partial charge in [0.25, 0.3) is 23.6 Å². The molecule has 1 saturated heterocycles. The van der Waals surface area contributed by atoms with Gasteiger partial charge in [0.2, 0.25) is 0 Å². The van der Waals surface area contributed by atoms with Gasteiger partial charge in [-0.2, -0.15) is 0 Å². The Kier molecular flexibility index (Phi) is 10.6. The second-order valence-corrected chi connectivity index (χ2v) is 11.1. The summed E-state index contributed by atoms with van der Waals surface area (Å²) < 4.78 is 2.08. The number of carbonyl (C=O) groups is 4. The van der Waals surface area contributed by atoms with Crippen LogP contribution in [0.25, 0.3) is 0 Å². The van der Waals surface area contributed by atoms with Crippen molar-refractivity contribution in [1.29, 1.82) is 0 Å². The molecule has 3 rings (SSSR count). The smallest absolute Gasteiger partial charge is 0.268 e. The molecular formula is C25H36N2O4S2. The lowest BCUT2D eigenvalue weighted by Gasteiger charge is -2.17. The van der Waals surface area contributed by atoms with Crippen LogP contribution in [0.3, 0.4) is 0 Å². The minimum Gasteiger partial charge on any atom is -0.268 e. The zero-order valence-corrected chi connectivity index (χ0v) is 21.3. The lowest BCUT2D eigenvalue weighted by Crippen LogP contribution is -2.25. The molecule has 3 aliphatic rings. The maximum absolute atomic E-state index is 12.7. The van der Waals surface area contributed by atoms with Gasteiger partial charge in [-0.05, 0) is 6.42 Å². The number of amides is 4. The highest BCUT2D eigenvalue weighted by molar-refractivity contribution is 8.75. The van der Waals surface area contributed by atoms with Crippen LogP contribution in [0.5, 0.6) is 0 Å². The van der Waals surface area contributed by atoms with Crippen molar-refractivity contribution in [1.82, 2.24) is 8.61 Å². The molecule has 1 fully saturated rings. The number of nitrogens with zero attached hydrogens (tertiary/aromatic N) is 2. The van der Waals surface area contributed by atoms with Crippen LogP contribution in [0, 0.1) is 5.92 Å². The SMILES string of the molecule is CCCCCCCCCCCCCCCCC1C2=CC(=O)N(SSN3C(=O)C=C1C3=O)C2=O. The normalized spacial score (nSPS) is 18.6. The second kappa shape index (κ2) is 13.4. The van der Waals surface area contributed by atoms with E-state index in [-0.39, 0.29) is 23.6 Å². The fourth-order valence-electron chi connectivity index (χ4n) is 4.67. The van der Waals surface area contributed by atoms with Gasteiger partial charge in [0.15, 0.2) is 0 Å². The van der Waals surface area contributed by atoms with E-state index < -0.39 is 5.92 Å². The van der Waals surface area contributed by atoms with Crippen LogP contribution in [0.15, 0.2) is 23.3 Å². The highest BCUT2D eigenvalue weighted by Gasteiger charge is 2.45. The van der Waals surface area contributed by atoms with Crippen LogP contribution in [0.2, 0.25) is 0 Å². The van der Waals surface area contributed by atoms with E-state index in [0.717, 1.165) is 49.8 Å². The van der Waals surface area contributed by atoms with Crippen LogP contribution in [0.1, 0.15) is 103 Å². The molecule has 0 saturated carbocycles. The summed E-state index contributed by atoms with van der Waals surface area (Å²) in [6.07, 6.45) is 20.9. The van der Waals surface area contributed by atoms with E-state index in [9.17, 15) is 19.2 Å². The maximum Gasteiger partial charge on any atom is 0.268 e.